The molecular weight excluding hydrogens is 488 g/mol. The van der Waals surface area contributed by atoms with Crippen molar-refractivity contribution in [3.05, 3.63) is 53.8 Å². The number of carbonyl (C=O) groups excluding carboxylic acids is 3. The molecule has 0 unspecified atom stereocenters. The number of cyclic esters (lactones) is 1. The molecule has 1 saturated heterocycles. The van der Waals surface area contributed by atoms with Crippen LogP contribution < -0.4 is 11.1 Å². The summed E-state index contributed by atoms with van der Waals surface area (Å²) < 4.78 is 11.4. The summed E-state index contributed by atoms with van der Waals surface area (Å²) in [4.78, 5) is 44.5. The Kier molecular flexibility index (Phi) is 10.4. The van der Waals surface area contributed by atoms with Crippen molar-refractivity contribution in [1.82, 2.24) is 15.2 Å². The summed E-state index contributed by atoms with van der Waals surface area (Å²) >= 11 is 0. The highest BCUT2D eigenvalue weighted by Gasteiger charge is 2.38. The Labute approximate surface area is 224 Å². The van der Waals surface area contributed by atoms with E-state index >= 15 is 0 Å². The maximum absolute atomic E-state index is 13.2. The van der Waals surface area contributed by atoms with Crippen molar-refractivity contribution in [2.75, 3.05) is 13.1 Å². The molecule has 1 fully saturated rings. The molecule has 0 spiro atoms. The van der Waals surface area contributed by atoms with Gasteiger partial charge in [0.25, 0.3) is 5.91 Å². The van der Waals surface area contributed by atoms with E-state index in [9.17, 15) is 19.5 Å². The van der Waals surface area contributed by atoms with Crippen molar-refractivity contribution < 1.29 is 28.6 Å². The molecule has 10 nitrogen and oxygen atoms in total. The van der Waals surface area contributed by atoms with E-state index < -0.39 is 36.2 Å². The van der Waals surface area contributed by atoms with Crippen LogP contribution in [0, 0.1) is 11.8 Å². The highest BCUT2D eigenvalue weighted by molar-refractivity contribution is 5.95. The highest BCUT2D eigenvalue weighted by atomic mass is 16.5. The minimum atomic E-state index is -0.781. The maximum atomic E-state index is 13.2. The summed E-state index contributed by atoms with van der Waals surface area (Å²) in [5, 5.41) is 13.2. The first-order chi connectivity index (χ1) is 18.0. The van der Waals surface area contributed by atoms with E-state index in [2.05, 4.69) is 10.3 Å². The Morgan fingerprint density at radius 3 is 2.74 bits per heavy atom. The van der Waals surface area contributed by atoms with Gasteiger partial charge in [-0.25, -0.2) is 9.78 Å². The average Bonchev–Trinajstić information content (AvgIpc) is 3.52. The van der Waals surface area contributed by atoms with Gasteiger partial charge < -0.3 is 30.2 Å². The van der Waals surface area contributed by atoms with Crippen LogP contribution >= 0.6 is 0 Å². The molecule has 1 aromatic rings. The van der Waals surface area contributed by atoms with Gasteiger partial charge in [0.1, 0.15) is 18.4 Å². The minimum Gasteiger partial charge on any atom is -0.460 e. The van der Waals surface area contributed by atoms with E-state index in [1.165, 1.54) is 17.2 Å². The number of oxazole rings is 1. The van der Waals surface area contributed by atoms with Crippen LogP contribution in [-0.4, -0.2) is 70.2 Å². The molecule has 3 heterocycles. The predicted molar refractivity (Wildman–Crippen MR) is 142 cm³/mol. The molecule has 0 saturated carbocycles. The number of amides is 2. The summed E-state index contributed by atoms with van der Waals surface area (Å²) in [6.07, 6.45) is 10.2. The van der Waals surface area contributed by atoms with Crippen molar-refractivity contribution in [3.8, 4) is 0 Å². The first-order valence-corrected chi connectivity index (χ1v) is 13.3. The number of ether oxygens (including phenoxy) is 1. The Bertz CT molecular complexity index is 1080. The van der Waals surface area contributed by atoms with E-state index in [1.54, 1.807) is 18.2 Å². The van der Waals surface area contributed by atoms with Crippen molar-refractivity contribution in [3.63, 3.8) is 0 Å². The van der Waals surface area contributed by atoms with Crippen LogP contribution in [0.15, 0.2) is 46.6 Å². The molecular formula is C28H40N4O6. The van der Waals surface area contributed by atoms with Crippen molar-refractivity contribution in [1.29, 1.82) is 0 Å². The predicted octanol–water partition coefficient (Wildman–Crippen LogP) is 2.29. The molecule has 0 radical (unpaired) electrons. The lowest BCUT2D eigenvalue weighted by molar-refractivity contribution is -0.158. The molecule has 208 valence electrons. The fourth-order valence-electron chi connectivity index (χ4n) is 4.82. The lowest BCUT2D eigenvalue weighted by Crippen LogP contribution is -2.44. The first kappa shape index (κ1) is 29.3. The van der Waals surface area contributed by atoms with Crippen molar-refractivity contribution >= 4 is 17.8 Å². The van der Waals surface area contributed by atoms with Crippen LogP contribution in [0.1, 0.15) is 63.3 Å². The summed E-state index contributed by atoms with van der Waals surface area (Å²) in [6.45, 7) is 8.37. The largest absolute Gasteiger partial charge is 0.460 e. The van der Waals surface area contributed by atoms with Crippen LogP contribution in [0.3, 0.4) is 0 Å². The number of fused-ring (bicyclic) bond motifs is 3. The molecule has 2 bridgehead atoms. The van der Waals surface area contributed by atoms with Gasteiger partial charge >= 0.3 is 5.97 Å². The van der Waals surface area contributed by atoms with Crippen LogP contribution in [0.2, 0.25) is 0 Å². The standard InChI is InChI=1S/C28H40N4O6/c1-17(2)26-19(4)9-10-24(34)30-11-5-7-18(3)13-21(33)14-20(29)15-25-31-22(16-37-25)27(35)32-12-6-8-23(32)28(36)38-26/h5,7,9-10,13,16-17,19-21,23,26,33H,6,8,11-12,14-15,29H2,1-4H3,(H,30,34)/b7-5?,10-9+,18-13?/t19-,20+,21-,23-,26-/m1/s1. The number of hydrogen-bond acceptors (Lipinski definition) is 8. The lowest BCUT2D eigenvalue weighted by atomic mass is 9.94. The molecule has 0 aliphatic carbocycles. The SMILES string of the molecule is CC1=C[C@@H](O)C[C@H](N)Cc2nc(co2)C(=O)N2CCC[C@@H]2C(=O)O[C@H](C(C)C)[C@H](C)/C=C/C(=O)NCC=C1. The summed E-state index contributed by atoms with van der Waals surface area (Å²) in [6, 6.07) is -1.17. The summed E-state index contributed by atoms with van der Waals surface area (Å²) in [5.74, 6) is -1.06. The molecule has 10 heteroatoms. The monoisotopic (exact) mass is 528 g/mol. The van der Waals surface area contributed by atoms with Gasteiger partial charge in [-0.1, -0.05) is 50.6 Å². The van der Waals surface area contributed by atoms with Gasteiger partial charge in [-0.2, -0.15) is 0 Å². The van der Waals surface area contributed by atoms with Gasteiger partial charge in [0, 0.05) is 31.5 Å². The Hall–Kier alpha value is -3.24. The second-order valence-corrected chi connectivity index (χ2v) is 10.5. The smallest absolute Gasteiger partial charge is 0.329 e. The number of allylic oxidation sites excluding steroid dienone is 2. The Morgan fingerprint density at radius 1 is 1.24 bits per heavy atom. The fourth-order valence-corrected chi connectivity index (χ4v) is 4.82. The summed E-state index contributed by atoms with van der Waals surface area (Å²) in [5.41, 5.74) is 7.12. The molecule has 2 aliphatic heterocycles. The van der Waals surface area contributed by atoms with Gasteiger partial charge in [0.15, 0.2) is 11.6 Å². The zero-order valence-electron chi connectivity index (χ0n) is 22.6. The highest BCUT2D eigenvalue weighted by Crippen LogP contribution is 2.25. The van der Waals surface area contributed by atoms with Gasteiger partial charge in [0.2, 0.25) is 5.91 Å². The quantitative estimate of drug-likeness (QED) is 0.470. The number of esters is 1. The number of nitrogens with one attached hydrogen (secondary N) is 1. The van der Waals surface area contributed by atoms with Gasteiger partial charge in [-0.05, 0) is 38.2 Å². The molecule has 4 N–H and O–H groups in total. The zero-order valence-corrected chi connectivity index (χ0v) is 22.6. The van der Waals surface area contributed by atoms with Gasteiger partial charge in [-0.15, -0.1) is 0 Å². The van der Waals surface area contributed by atoms with E-state index in [1.807, 2.05) is 33.8 Å². The van der Waals surface area contributed by atoms with Crippen LogP contribution in [-0.2, 0) is 20.7 Å². The number of nitrogens with zero attached hydrogens (tertiary/aromatic N) is 2. The minimum absolute atomic E-state index is 0.00273. The Balaban J connectivity index is 1.85. The molecule has 0 aromatic carbocycles. The van der Waals surface area contributed by atoms with Gasteiger partial charge in [-0.3, -0.25) is 9.59 Å². The van der Waals surface area contributed by atoms with E-state index in [4.69, 9.17) is 14.9 Å². The number of aliphatic hydroxyl groups is 1. The lowest BCUT2D eigenvalue weighted by Gasteiger charge is -2.29. The van der Waals surface area contributed by atoms with Crippen LogP contribution in [0.25, 0.3) is 0 Å². The maximum Gasteiger partial charge on any atom is 0.329 e. The molecule has 38 heavy (non-hydrogen) atoms. The number of nitrogens with two attached hydrogens (primary N) is 1. The fraction of sp³-hybridized carbons (Fsp3) is 0.571. The van der Waals surface area contributed by atoms with E-state index in [0.29, 0.717) is 31.8 Å². The molecule has 1 aromatic heterocycles. The second kappa shape index (κ2) is 13.5. The van der Waals surface area contributed by atoms with Gasteiger partial charge in [0.05, 0.1) is 6.10 Å². The second-order valence-electron chi connectivity index (χ2n) is 10.5. The first-order valence-electron chi connectivity index (χ1n) is 13.3. The third-order valence-electron chi connectivity index (χ3n) is 6.75. The zero-order chi connectivity index (χ0) is 27.8. The van der Waals surface area contributed by atoms with Crippen molar-refractivity contribution in [2.45, 2.75) is 77.7 Å². The topological polar surface area (TPSA) is 148 Å². The van der Waals surface area contributed by atoms with Crippen LogP contribution in [0.5, 0.6) is 0 Å². The molecule has 3 rings (SSSR count). The third-order valence-corrected chi connectivity index (χ3v) is 6.75. The number of aliphatic hydroxyl groups excluding tert-OH is 1. The van der Waals surface area contributed by atoms with Crippen molar-refractivity contribution in [2.24, 2.45) is 17.6 Å². The Morgan fingerprint density at radius 2 is 2.00 bits per heavy atom. The number of rotatable bonds is 1. The average molecular weight is 529 g/mol. The number of aromatic nitrogens is 1. The molecule has 2 amide bonds. The molecule has 2 aliphatic rings. The summed E-state index contributed by atoms with van der Waals surface area (Å²) in [7, 11) is 0. The molecule has 5 atom stereocenters. The number of carbonyl (C=O) groups is 3. The third kappa shape index (κ3) is 8.13. The van der Waals surface area contributed by atoms with E-state index in [0.717, 1.165) is 5.57 Å². The van der Waals surface area contributed by atoms with Crippen LogP contribution in [0.4, 0.5) is 0 Å². The van der Waals surface area contributed by atoms with E-state index in [-0.39, 0.29) is 36.3 Å². The normalized spacial score (nSPS) is 29.4. The number of hydrogen-bond donors (Lipinski definition) is 3.